The highest BCUT2D eigenvalue weighted by molar-refractivity contribution is 5.15. The van der Waals surface area contributed by atoms with E-state index < -0.39 is 0 Å². The molecule has 3 atom stereocenters. The molecule has 0 radical (unpaired) electrons. The van der Waals surface area contributed by atoms with Gasteiger partial charge < -0.3 is 14.2 Å². The molecule has 3 heteroatoms. The lowest BCUT2D eigenvalue weighted by Gasteiger charge is -2.38. The molecule has 0 heterocycles. The van der Waals surface area contributed by atoms with E-state index in [1.54, 1.807) is 0 Å². The van der Waals surface area contributed by atoms with Gasteiger partial charge in [-0.15, -0.1) is 0 Å². The third-order valence-electron chi connectivity index (χ3n) is 5.93. The second kappa shape index (κ2) is 11.8. The molecule has 1 aliphatic carbocycles. The van der Waals surface area contributed by atoms with Crippen LogP contribution in [0.2, 0.25) is 0 Å². The number of hydrogen-bond acceptors (Lipinski definition) is 3. The second-order valence-corrected chi connectivity index (χ2v) is 8.29. The molecule has 0 N–H and O–H groups in total. The smallest absolute Gasteiger partial charge is 0.0891 e. The first-order valence-corrected chi connectivity index (χ1v) is 11.3. The van der Waals surface area contributed by atoms with Crippen molar-refractivity contribution in [3.8, 4) is 0 Å². The highest BCUT2D eigenvalue weighted by atomic mass is 16.5. The predicted octanol–water partition coefficient (Wildman–Crippen LogP) is 6.17. The lowest BCUT2D eigenvalue weighted by atomic mass is 9.84. The van der Waals surface area contributed by atoms with Crippen LogP contribution in [0.4, 0.5) is 0 Å². The van der Waals surface area contributed by atoms with E-state index in [1.807, 2.05) is 18.2 Å². The Bertz CT molecular complexity index is 867. The Kier molecular flexibility index (Phi) is 8.29. The Morgan fingerprint density at radius 1 is 0.581 bits per heavy atom. The van der Waals surface area contributed by atoms with Gasteiger partial charge in [0.15, 0.2) is 0 Å². The van der Waals surface area contributed by atoms with Gasteiger partial charge in [0.25, 0.3) is 0 Å². The topological polar surface area (TPSA) is 27.7 Å². The van der Waals surface area contributed by atoms with E-state index in [9.17, 15) is 0 Å². The van der Waals surface area contributed by atoms with Crippen molar-refractivity contribution in [2.24, 2.45) is 5.92 Å². The average Bonchev–Trinajstić information content (AvgIpc) is 2.84. The molecule has 1 fully saturated rings. The van der Waals surface area contributed by atoms with Crippen molar-refractivity contribution in [2.45, 2.75) is 51.3 Å². The standard InChI is InChI=1S/C28H32O3/c1-4-11-23(12-5-1)19-29-22-26-17-10-18-27(30-20-24-13-6-2-7-14-24)28(26)31-21-25-15-8-3-9-16-25/h1-9,11-16,26-28H,10,17-22H2/t26?,27?,28-/m0/s1. The molecule has 3 nitrogen and oxygen atoms in total. The van der Waals surface area contributed by atoms with Gasteiger partial charge in [-0.05, 0) is 29.5 Å². The zero-order valence-electron chi connectivity index (χ0n) is 18.1. The van der Waals surface area contributed by atoms with E-state index >= 15 is 0 Å². The maximum absolute atomic E-state index is 6.48. The Morgan fingerprint density at radius 2 is 1.10 bits per heavy atom. The summed E-state index contributed by atoms with van der Waals surface area (Å²) in [5, 5.41) is 0. The highest BCUT2D eigenvalue weighted by Gasteiger charge is 2.35. The van der Waals surface area contributed by atoms with E-state index in [0.717, 1.165) is 19.3 Å². The molecular formula is C28H32O3. The summed E-state index contributed by atoms with van der Waals surface area (Å²) in [6, 6.07) is 31.1. The van der Waals surface area contributed by atoms with E-state index in [-0.39, 0.29) is 12.2 Å². The van der Waals surface area contributed by atoms with E-state index in [1.165, 1.54) is 16.7 Å². The van der Waals surface area contributed by atoms with Gasteiger partial charge in [0.2, 0.25) is 0 Å². The molecule has 1 saturated carbocycles. The first kappa shape index (κ1) is 21.8. The van der Waals surface area contributed by atoms with Crippen LogP contribution >= 0.6 is 0 Å². The minimum atomic E-state index is 0.0356. The lowest BCUT2D eigenvalue weighted by Crippen LogP contribution is -2.43. The van der Waals surface area contributed by atoms with Crippen LogP contribution in [0.1, 0.15) is 36.0 Å². The Labute approximate surface area is 186 Å². The first-order chi connectivity index (χ1) is 15.4. The van der Waals surface area contributed by atoms with Crippen LogP contribution in [0.5, 0.6) is 0 Å². The number of hydrogen-bond donors (Lipinski definition) is 0. The maximum atomic E-state index is 6.48. The summed E-state index contributed by atoms with van der Waals surface area (Å²) >= 11 is 0. The summed E-state index contributed by atoms with van der Waals surface area (Å²) < 4.78 is 19.0. The largest absolute Gasteiger partial charge is 0.376 e. The third kappa shape index (κ3) is 6.76. The van der Waals surface area contributed by atoms with Crippen LogP contribution in [0.25, 0.3) is 0 Å². The maximum Gasteiger partial charge on any atom is 0.0891 e. The zero-order chi connectivity index (χ0) is 21.1. The van der Waals surface area contributed by atoms with Crippen molar-refractivity contribution in [1.29, 1.82) is 0 Å². The zero-order valence-corrected chi connectivity index (χ0v) is 18.1. The molecule has 162 valence electrons. The summed E-state index contributed by atoms with van der Waals surface area (Å²) in [4.78, 5) is 0. The summed E-state index contributed by atoms with van der Waals surface area (Å²) in [6.07, 6.45) is 3.40. The normalized spacial score (nSPS) is 21.1. The molecule has 0 amide bonds. The number of ether oxygens (including phenoxy) is 3. The molecule has 31 heavy (non-hydrogen) atoms. The minimum Gasteiger partial charge on any atom is -0.376 e. The summed E-state index contributed by atoms with van der Waals surface area (Å²) in [6.45, 7) is 2.55. The van der Waals surface area contributed by atoms with Gasteiger partial charge in [0.05, 0.1) is 38.6 Å². The van der Waals surface area contributed by atoms with Crippen molar-refractivity contribution < 1.29 is 14.2 Å². The van der Waals surface area contributed by atoms with Crippen LogP contribution in [0.15, 0.2) is 91.0 Å². The van der Waals surface area contributed by atoms with Crippen molar-refractivity contribution in [3.63, 3.8) is 0 Å². The van der Waals surface area contributed by atoms with Crippen molar-refractivity contribution in [3.05, 3.63) is 108 Å². The Morgan fingerprint density at radius 3 is 1.68 bits per heavy atom. The van der Waals surface area contributed by atoms with E-state index in [0.29, 0.717) is 32.3 Å². The molecule has 4 rings (SSSR count). The third-order valence-corrected chi connectivity index (χ3v) is 5.93. The van der Waals surface area contributed by atoms with E-state index in [2.05, 4.69) is 72.8 Å². The summed E-state index contributed by atoms with van der Waals surface area (Å²) in [5.74, 6) is 0.335. The predicted molar refractivity (Wildman–Crippen MR) is 123 cm³/mol. The van der Waals surface area contributed by atoms with Crippen LogP contribution < -0.4 is 0 Å². The quantitative estimate of drug-likeness (QED) is 0.395. The molecule has 0 aliphatic heterocycles. The number of rotatable bonds is 10. The fourth-order valence-electron chi connectivity index (χ4n) is 4.26. The van der Waals surface area contributed by atoms with Crippen LogP contribution in [0, 0.1) is 5.92 Å². The first-order valence-electron chi connectivity index (χ1n) is 11.3. The Hall–Kier alpha value is -2.46. The molecule has 3 aromatic carbocycles. The fraction of sp³-hybridized carbons (Fsp3) is 0.357. The molecule has 2 unspecified atom stereocenters. The lowest BCUT2D eigenvalue weighted by molar-refractivity contribution is -0.140. The second-order valence-electron chi connectivity index (χ2n) is 8.29. The molecule has 3 aromatic rings. The molecule has 0 saturated heterocycles. The molecule has 0 aromatic heterocycles. The number of benzene rings is 3. The summed E-state index contributed by atoms with van der Waals surface area (Å²) in [5.41, 5.74) is 3.60. The van der Waals surface area contributed by atoms with Crippen molar-refractivity contribution in [2.75, 3.05) is 6.61 Å². The van der Waals surface area contributed by atoms with Gasteiger partial charge in [0, 0.05) is 5.92 Å². The average molecular weight is 417 g/mol. The van der Waals surface area contributed by atoms with Crippen molar-refractivity contribution >= 4 is 0 Å². The fourth-order valence-corrected chi connectivity index (χ4v) is 4.26. The highest BCUT2D eigenvalue weighted by Crippen LogP contribution is 2.31. The molecule has 1 aliphatic rings. The van der Waals surface area contributed by atoms with Gasteiger partial charge in [0.1, 0.15) is 0 Å². The van der Waals surface area contributed by atoms with Crippen LogP contribution in [-0.2, 0) is 34.0 Å². The van der Waals surface area contributed by atoms with Crippen molar-refractivity contribution in [1.82, 2.24) is 0 Å². The minimum absolute atomic E-state index is 0.0356. The Balaban J connectivity index is 1.38. The van der Waals surface area contributed by atoms with Gasteiger partial charge >= 0.3 is 0 Å². The monoisotopic (exact) mass is 416 g/mol. The molecule has 0 spiro atoms. The van der Waals surface area contributed by atoms with Gasteiger partial charge in [-0.1, -0.05) is 97.4 Å². The van der Waals surface area contributed by atoms with E-state index in [4.69, 9.17) is 14.2 Å². The van der Waals surface area contributed by atoms with Gasteiger partial charge in [-0.25, -0.2) is 0 Å². The van der Waals surface area contributed by atoms with Crippen LogP contribution in [0.3, 0.4) is 0 Å². The van der Waals surface area contributed by atoms with Gasteiger partial charge in [-0.2, -0.15) is 0 Å². The molecule has 0 bridgehead atoms. The molecular weight excluding hydrogens is 384 g/mol. The van der Waals surface area contributed by atoms with Gasteiger partial charge in [-0.3, -0.25) is 0 Å². The van der Waals surface area contributed by atoms with Crippen LogP contribution in [-0.4, -0.2) is 18.8 Å². The SMILES string of the molecule is c1ccc(COCC2CCCC(OCc3ccccc3)[C@H]2OCc2ccccc2)cc1. The summed E-state index contributed by atoms with van der Waals surface area (Å²) in [7, 11) is 0.